The monoisotopic (exact) mass is 220 g/mol. The van der Waals surface area contributed by atoms with E-state index in [9.17, 15) is 4.79 Å². The molecule has 2 rings (SSSR count). The molecule has 0 saturated heterocycles. The molecule has 4 heteroatoms. The second kappa shape index (κ2) is 4.53. The number of carbonyl (C=O) groups excluding carboxylic acids is 1. The maximum Gasteiger partial charge on any atom is 0.244 e. The van der Waals surface area contributed by atoms with Gasteiger partial charge in [-0.15, -0.1) is 0 Å². The zero-order valence-electron chi connectivity index (χ0n) is 9.11. The van der Waals surface area contributed by atoms with Crippen LogP contribution in [0.25, 0.3) is 6.08 Å². The highest BCUT2D eigenvalue weighted by molar-refractivity contribution is 5.91. The van der Waals surface area contributed by atoms with E-state index in [4.69, 9.17) is 10.2 Å². The normalized spacial score (nSPS) is 18.3. The molecule has 1 aromatic heterocycles. The molecule has 0 unspecified atom stereocenters. The van der Waals surface area contributed by atoms with Gasteiger partial charge < -0.3 is 15.5 Å². The minimum atomic E-state index is -0.172. The van der Waals surface area contributed by atoms with Gasteiger partial charge in [-0.1, -0.05) is 0 Å². The van der Waals surface area contributed by atoms with Crippen LogP contribution in [0.1, 0.15) is 25.0 Å². The summed E-state index contributed by atoms with van der Waals surface area (Å²) in [7, 11) is 0. The van der Waals surface area contributed by atoms with Gasteiger partial charge in [0.1, 0.15) is 5.76 Å². The standard InChI is InChI=1S/C12H16N2O2/c13-12(6-2-7-12)9-14-11(15)5-4-10-3-1-8-16-10/h1,3-5,8H,2,6-7,9,13H2,(H,14,15)/b5-4+. The average Bonchev–Trinajstić information content (AvgIpc) is 2.73. The van der Waals surface area contributed by atoms with Gasteiger partial charge in [0.25, 0.3) is 0 Å². The third kappa shape index (κ3) is 2.73. The first kappa shape index (κ1) is 11.0. The highest BCUT2D eigenvalue weighted by Gasteiger charge is 2.32. The van der Waals surface area contributed by atoms with Crippen LogP contribution < -0.4 is 11.1 Å². The third-order valence-corrected chi connectivity index (χ3v) is 2.91. The summed E-state index contributed by atoms with van der Waals surface area (Å²) in [6.45, 7) is 0.550. The van der Waals surface area contributed by atoms with Crippen molar-refractivity contribution in [1.29, 1.82) is 0 Å². The van der Waals surface area contributed by atoms with Crippen LogP contribution in [0.15, 0.2) is 28.9 Å². The topological polar surface area (TPSA) is 68.3 Å². The molecule has 1 aliphatic carbocycles. The molecular formula is C12H16N2O2. The molecule has 1 aromatic rings. The number of hydrogen-bond acceptors (Lipinski definition) is 3. The van der Waals surface area contributed by atoms with Gasteiger partial charge in [-0.2, -0.15) is 0 Å². The fourth-order valence-corrected chi connectivity index (χ4v) is 1.67. The molecular weight excluding hydrogens is 204 g/mol. The number of amides is 1. The summed E-state index contributed by atoms with van der Waals surface area (Å²) in [6, 6.07) is 3.57. The lowest BCUT2D eigenvalue weighted by Crippen LogP contribution is -2.54. The van der Waals surface area contributed by atoms with Crippen molar-refractivity contribution in [1.82, 2.24) is 5.32 Å². The van der Waals surface area contributed by atoms with Gasteiger partial charge in [0.05, 0.1) is 6.26 Å². The van der Waals surface area contributed by atoms with Gasteiger partial charge in [-0.25, -0.2) is 0 Å². The molecule has 0 radical (unpaired) electrons. The molecule has 1 saturated carbocycles. The lowest BCUT2D eigenvalue weighted by molar-refractivity contribution is -0.116. The van der Waals surface area contributed by atoms with E-state index in [2.05, 4.69) is 5.32 Å². The number of nitrogens with one attached hydrogen (secondary N) is 1. The predicted molar refractivity (Wildman–Crippen MR) is 61.5 cm³/mol. The molecule has 1 fully saturated rings. The zero-order chi connectivity index (χ0) is 11.4. The van der Waals surface area contributed by atoms with Crippen molar-refractivity contribution in [2.45, 2.75) is 24.8 Å². The summed E-state index contributed by atoms with van der Waals surface area (Å²) in [5, 5.41) is 2.80. The fourth-order valence-electron chi connectivity index (χ4n) is 1.67. The smallest absolute Gasteiger partial charge is 0.244 e. The summed E-state index contributed by atoms with van der Waals surface area (Å²) in [5.74, 6) is 0.536. The van der Waals surface area contributed by atoms with Gasteiger partial charge in [-0.3, -0.25) is 4.79 Å². The first-order valence-electron chi connectivity index (χ1n) is 5.46. The number of hydrogen-bond donors (Lipinski definition) is 2. The molecule has 4 nitrogen and oxygen atoms in total. The van der Waals surface area contributed by atoms with Crippen LogP contribution in [-0.2, 0) is 4.79 Å². The molecule has 0 bridgehead atoms. The van der Waals surface area contributed by atoms with Crippen molar-refractivity contribution >= 4 is 12.0 Å². The van der Waals surface area contributed by atoms with Crippen molar-refractivity contribution in [2.75, 3.05) is 6.54 Å². The fraction of sp³-hybridized carbons (Fsp3) is 0.417. The summed E-state index contributed by atoms with van der Waals surface area (Å²) in [4.78, 5) is 11.4. The van der Waals surface area contributed by atoms with Gasteiger partial charge in [0.15, 0.2) is 0 Å². The minimum Gasteiger partial charge on any atom is -0.465 e. The third-order valence-electron chi connectivity index (χ3n) is 2.91. The Morgan fingerprint density at radius 1 is 1.62 bits per heavy atom. The average molecular weight is 220 g/mol. The Labute approximate surface area is 94.5 Å². The van der Waals surface area contributed by atoms with E-state index in [0.717, 1.165) is 19.3 Å². The maximum absolute atomic E-state index is 11.4. The van der Waals surface area contributed by atoms with Gasteiger partial charge >= 0.3 is 0 Å². The van der Waals surface area contributed by atoms with Crippen LogP contribution in [0.4, 0.5) is 0 Å². The van der Waals surface area contributed by atoms with Gasteiger partial charge in [0, 0.05) is 18.2 Å². The number of carbonyl (C=O) groups is 1. The second-order valence-corrected chi connectivity index (χ2v) is 4.28. The molecule has 1 heterocycles. The van der Waals surface area contributed by atoms with E-state index in [1.807, 2.05) is 0 Å². The molecule has 0 aromatic carbocycles. The number of furan rings is 1. The molecule has 0 atom stereocenters. The number of nitrogens with two attached hydrogens (primary N) is 1. The SMILES string of the molecule is NC1(CNC(=O)/C=C/c2ccco2)CCC1. The molecule has 0 aliphatic heterocycles. The Bertz CT molecular complexity index is 378. The minimum absolute atomic E-state index is 0.131. The van der Waals surface area contributed by atoms with E-state index in [1.165, 1.54) is 6.08 Å². The molecule has 0 spiro atoms. The van der Waals surface area contributed by atoms with Crippen LogP contribution in [0.2, 0.25) is 0 Å². The molecule has 86 valence electrons. The zero-order valence-corrected chi connectivity index (χ0v) is 9.11. The Balaban J connectivity index is 1.76. The van der Waals surface area contributed by atoms with Crippen LogP contribution >= 0.6 is 0 Å². The molecule has 3 N–H and O–H groups in total. The Kier molecular flexibility index (Phi) is 3.10. The predicted octanol–water partition coefficient (Wildman–Crippen LogP) is 1.29. The lowest BCUT2D eigenvalue weighted by Gasteiger charge is -2.37. The Morgan fingerprint density at radius 3 is 3.00 bits per heavy atom. The van der Waals surface area contributed by atoms with Crippen LogP contribution in [0, 0.1) is 0 Å². The van der Waals surface area contributed by atoms with E-state index >= 15 is 0 Å². The van der Waals surface area contributed by atoms with Crippen molar-refractivity contribution in [2.24, 2.45) is 5.73 Å². The Morgan fingerprint density at radius 2 is 2.44 bits per heavy atom. The van der Waals surface area contributed by atoms with Crippen LogP contribution in [0.3, 0.4) is 0 Å². The van der Waals surface area contributed by atoms with Gasteiger partial charge in [0.2, 0.25) is 5.91 Å². The highest BCUT2D eigenvalue weighted by Crippen LogP contribution is 2.27. The van der Waals surface area contributed by atoms with E-state index in [1.54, 1.807) is 24.5 Å². The van der Waals surface area contributed by atoms with Gasteiger partial charge in [-0.05, 0) is 37.5 Å². The molecule has 1 aliphatic rings. The van der Waals surface area contributed by atoms with Crippen LogP contribution in [-0.4, -0.2) is 18.0 Å². The van der Waals surface area contributed by atoms with E-state index in [0.29, 0.717) is 12.3 Å². The highest BCUT2D eigenvalue weighted by atomic mass is 16.3. The quantitative estimate of drug-likeness (QED) is 0.751. The molecule has 16 heavy (non-hydrogen) atoms. The van der Waals surface area contributed by atoms with Crippen LogP contribution in [0.5, 0.6) is 0 Å². The first-order chi connectivity index (χ1) is 7.68. The summed E-state index contributed by atoms with van der Waals surface area (Å²) in [6.07, 6.45) is 7.82. The summed E-state index contributed by atoms with van der Waals surface area (Å²) < 4.78 is 5.07. The number of rotatable bonds is 4. The molecule has 1 amide bonds. The van der Waals surface area contributed by atoms with Crippen molar-refractivity contribution < 1.29 is 9.21 Å². The summed E-state index contributed by atoms with van der Waals surface area (Å²) >= 11 is 0. The van der Waals surface area contributed by atoms with E-state index in [-0.39, 0.29) is 11.4 Å². The Hall–Kier alpha value is -1.55. The lowest BCUT2D eigenvalue weighted by atomic mass is 9.78. The first-order valence-corrected chi connectivity index (χ1v) is 5.46. The van der Waals surface area contributed by atoms with Crippen molar-refractivity contribution in [3.8, 4) is 0 Å². The second-order valence-electron chi connectivity index (χ2n) is 4.28. The largest absolute Gasteiger partial charge is 0.465 e. The summed E-state index contributed by atoms with van der Waals surface area (Å²) in [5.41, 5.74) is 5.81. The van der Waals surface area contributed by atoms with Crippen molar-refractivity contribution in [3.05, 3.63) is 30.2 Å². The maximum atomic E-state index is 11.4. The van der Waals surface area contributed by atoms with E-state index < -0.39 is 0 Å². The van der Waals surface area contributed by atoms with Crippen molar-refractivity contribution in [3.63, 3.8) is 0 Å².